The Kier molecular flexibility index (Phi) is 22.0. The monoisotopic (exact) mass is 1300 g/mol. The van der Waals surface area contributed by atoms with Gasteiger partial charge in [0.05, 0.1) is 60.6 Å². The largest absolute Gasteiger partial charge is 0.496 e. The van der Waals surface area contributed by atoms with E-state index in [1.807, 2.05) is 109 Å². The van der Waals surface area contributed by atoms with Crippen molar-refractivity contribution in [2.45, 2.75) is 66.0 Å². The Morgan fingerprint density at radius 1 is 0.521 bits per heavy atom. The zero-order chi connectivity index (χ0) is 67.8. The molecule has 29 heteroatoms. The zero-order valence-electron chi connectivity index (χ0n) is 53.8. The first-order valence-corrected chi connectivity index (χ1v) is 30.4. The number of aliphatic hydroxyl groups excluding tert-OH is 1. The molecule has 0 fully saturated rings. The fourth-order valence-electron chi connectivity index (χ4n) is 9.79. The molecule has 0 spiro atoms. The number of aromatic nitrogens is 15. The van der Waals surface area contributed by atoms with Crippen LogP contribution in [0.25, 0.3) is 103 Å². The maximum Gasteiger partial charge on any atom is 0.270 e. The number of benzene rings is 3. The number of hydrogen-bond acceptors (Lipinski definition) is 26. The van der Waals surface area contributed by atoms with Crippen LogP contribution in [0.1, 0.15) is 50.1 Å². The fourth-order valence-corrected chi connectivity index (χ4v) is 9.79. The van der Waals surface area contributed by atoms with Crippen LogP contribution in [-0.4, -0.2) is 121 Å². The molecule has 10 N–H and O–H groups in total. The smallest absolute Gasteiger partial charge is 0.270 e. The molecule has 0 aliphatic carbocycles. The predicted molar refractivity (Wildman–Crippen MR) is 363 cm³/mol. The number of anilines is 2. The van der Waals surface area contributed by atoms with Crippen molar-refractivity contribution in [3.05, 3.63) is 194 Å². The molecule has 29 nitrogen and oxygen atoms in total. The lowest BCUT2D eigenvalue weighted by molar-refractivity contribution is 0.274. The van der Waals surface area contributed by atoms with Crippen LogP contribution in [-0.2, 0) is 32.7 Å². The van der Waals surface area contributed by atoms with Crippen LogP contribution in [0.5, 0.6) is 5.75 Å². The summed E-state index contributed by atoms with van der Waals surface area (Å²) in [4.78, 5) is 62.8. The molecular formula is C67H73N21O8. The minimum absolute atomic E-state index is 0. The van der Waals surface area contributed by atoms with E-state index in [0.29, 0.717) is 82.5 Å². The van der Waals surface area contributed by atoms with Gasteiger partial charge in [0.2, 0.25) is 11.8 Å². The molecule has 0 saturated carbocycles. The number of aryl methyl sites for hydroxylation is 2. The second kappa shape index (κ2) is 31.3. The number of ether oxygens (including phenoxy) is 1. The summed E-state index contributed by atoms with van der Waals surface area (Å²) in [6.07, 6.45) is 10.5. The third kappa shape index (κ3) is 16.0. The summed E-state index contributed by atoms with van der Waals surface area (Å²) in [6.45, 7) is 9.06. The number of nitrogens with zero attached hydrogens (tertiary/aromatic N) is 15. The van der Waals surface area contributed by atoms with E-state index < -0.39 is 0 Å². The summed E-state index contributed by atoms with van der Waals surface area (Å²) in [5, 5.41) is 43.3. The number of nitrogen functional groups attached to an aromatic ring is 2. The Hall–Kier alpha value is -11.6. The average Bonchev–Trinajstić information content (AvgIpc) is 1.85. The number of methoxy groups -OCH3 is 1. The molecule has 0 aliphatic heterocycles. The molecule has 494 valence electrons. The van der Waals surface area contributed by atoms with Crippen LogP contribution < -0.4 is 54.6 Å². The van der Waals surface area contributed by atoms with Gasteiger partial charge in [-0.3, -0.25) is 19.4 Å². The highest BCUT2D eigenvalue weighted by Gasteiger charge is 2.22. The molecule has 9 aromatic heterocycles. The summed E-state index contributed by atoms with van der Waals surface area (Å²) in [6, 6.07) is 30.9. The van der Waals surface area contributed by atoms with E-state index >= 15 is 0 Å². The van der Waals surface area contributed by atoms with Crippen LogP contribution in [0.3, 0.4) is 0 Å². The Bertz CT molecular complexity index is 4820. The number of rotatable bonds is 22. The number of nitrogens with one attached hydrogen (secondary N) is 3. The molecule has 0 saturated heterocycles. The molecule has 0 atom stereocenters. The van der Waals surface area contributed by atoms with Gasteiger partial charge in [-0.1, -0.05) is 30.3 Å². The summed E-state index contributed by atoms with van der Waals surface area (Å²) < 4.78 is 27.8. The van der Waals surface area contributed by atoms with E-state index in [0.717, 1.165) is 58.6 Å². The Morgan fingerprint density at radius 2 is 0.938 bits per heavy atom. The van der Waals surface area contributed by atoms with Crippen LogP contribution in [0, 0.1) is 6.92 Å². The lowest BCUT2D eigenvalue weighted by atomic mass is 10.1. The van der Waals surface area contributed by atoms with Gasteiger partial charge in [-0.25, -0.2) is 24.9 Å². The van der Waals surface area contributed by atoms with Crippen molar-refractivity contribution in [1.29, 1.82) is 0 Å². The van der Waals surface area contributed by atoms with E-state index in [1.165, 1.54) is 29.0 Å². The van der Waals surface area contributed by atoms with E-state index in [-0.39, 0.29) is 78.0 Å². The fraction of sp³-hybridized carbons (Fsp3) is 0.239. The molecule has 0 aliphatic rings. The molecule has 0 bridgehead atoms. The van der Waals surface area contributed by atoms with Gasteiger partial charge >= 0.3 is 0 Å². The van der Waals surface area contributed by atoms with Gasteiger partial charge in [-0.2, -0.15) is 0 Å². The predicted octanol–water partition coefficient (Wildman–Crippen LogP) is 6.87. The highest BCUT2D eigenvalue weighted by molar-refractivity contribution is 5.71. The van der Waals surface area contributed by atoms with Crippen molar-refractivity contribution in [2.24, 2.45) is 5.73 Å². The number of pyridine rings is 3. The van der Waals surface area contributed by atoms with Gasteiger partial charge in [-0.05, 0) is 126 Å². The SMILES string of the molecule is CNCc1ccc(-c2nnc(-c3nc(-c4ccc(=O)n(C(C)C)c4)cnc3C)o2)c(OC)c1.CNCc1ccc(-c2nnc(-c3nc(-c4ccc(=O)n(CCCN)c4)cnc3N)o2)cc1.CNCc1ccc(-c2nnc(-c3nc(-c4ccc(=O)n(CCO)c4)cnc3N)o2)cc1.[HH]. The summed E-state index contributed by atoms with van der Waals surface area (Å²) >= 11 is 0. The maximum atomic E-state index is 12.1. The quantitative estimate of drug-likeness (QED) is 0.0363. The van der Waals surface area contributed by atoms with Gasteiger partial charge in [0.1, 0.15) is 11.4 Å². The van der Waals surface area contributed by atoms with Gasteiger partial charge in [0, 0.05) is 105 Å². The highest BCUT2D eigenvalue weighted by Crippen LogP contribution is 2.34. The van der Waals surface area contributed by atoms with E-state index in [9.17, 15) is 14.4 Å². The third-order valence-corrected chi connectivity index (χ3v) is 14.8. The summed E-state index contributed by atoms with van der Waals surface area (Å²) in [5.41, 5.74) is 28.3. The van der Waals surface area contributed by atoms with Gasteiger partial charge < -0.3 is 69.9 Å². The van der Waals surface area contributed by atoms with Gasteiger partial charge in [0.15, 0.2) is 23.0 Å². The number of nitrogens with two attached hydrogens (primary N) is 3. The third-order valence-electron chi connectivity index (χ3n) is 14.8. The Labute approximate surface area is 551 Å². The molecule has 96 heavy (non-hydrogen) atoms. The first kappa shape index (κ1) is 67.3. The molecule has 9 heterocycles. The molecule has 0 radical (unpaired) electrons. The van der Waals surface area contributed by atoms with Crippen LogP contribution in [0.15, 0.2) is 168 Å². The Balaban J connectivity index is 0.000000170. The van der Waals surface area contributed by atoms with Crippen LogP contribution in [0.4, 0.5) is 11.6 Å². The summed E-state index contributed by atoms with van der Waals surface area (Å²) in [7, 11) is 7.28. The molecule has 3 aromatic carbocycles. The van der Waals surface area contributed by atoms with E-state index in [4.69, 9.17) is 45.3 Å². The molecular weight excluding hydrogens is 1230 g/mol. The molecule has 0 unspecified atom stereocenters. The molecule has 12 rings (SSSR count). The standard InChI is InChI=1S/C24H26N6O3.C22H24N8O2.C21H21N7O3.H2/c1-14(2)30-13-17(7-9-21(30)31)19-12-26-15(3)22(27-19)24-29-28-23(33-24)18-8-6-16(11-25-4)10-20(18)32-5;1-25-11-14-3-5-15(6-4-14)21-28-29-22(32-21)19-20(24)26-12-17(27-19)16-7-8-18(31)30(13-16)10-2-9-23;1-23-10-13-2-4-14(5-3-13)20-26-27-21(31-20)18-19(22)24-11-16(25-18)15-6-7-17(30)28(12-15)8-9-29;/h6-10,12-14,25H,11H2,1-5H3;3-8,12-13,25H,2,9-11,23H2,1H3,(H2,24,26);2-7,11-12,23,29H,8-10H2,1H3,(H2,22,24);1H. The first-order valence-electron chi connectivity index (χ1n) is 30.4. The van der Waals surface area contributed by atoms with E-state index in [2.05, 4.69) is 71.5 Å². The first-order chi connectivity index (χ1) is 46.6. The second-order valence-electron chi connectivity index (χ2n) is 21.9. The number of aliphatic hydroxyl groups is 1. The van der Waals surface area contributed by atoms with Crippen molar-refractivity contribution in [2.75, 3.05) is 52.9 Å². The average molecular weight is 1300 g/mol. The summed E-state index contributed by atoms with van der Waals surface area (Å²) in [5.74, 6) is 2.56. The lowest BCUT2D eigenvalue weighted by Gasteiger charge is -2.11. The van der Waals surface area contributed by atoms with E-state index in [1.54, 1.807) is 65.4 Å². The minimum atomic E-state index is -0.219. The van der Waals surface area contributed by atoms with Crippen molar-refractivity contribution in [3.63, 3.8) is 0 Å². The highest BCUT2D eigenvalue weighted by atomic mass is 16.5. The molecule has 12 aromatic rings. The van der Waals surface area contributed by atoms with Crippen molar-refractivity contribution in [1.82, 2.24) is 90.1 Å². The minimum Gasteiger partial charge on any atom is -0.496 e. The van der Waals surface area contributed by atoms with Crippen LogP contribution >= 0.6 is 0 Å². The topological polar surface area (TPSA) is 404 Å². The number of hydrogen-bond donors (Lipinski definition) is 7. The van der Waals surface area contributed by atoms with Crippen LogP contribution in [0.2, 0.25) is 0 Å². The van der Waals surface area contributed by atoms with Crippen molar-refractivity contribution in [3.8, 4) is 109 Å². The lowest BCUT2D eigenvalue weighted by Crippen LogP contribution is -2.20. The van der Waals surface area contributed by atoms with Gasteiger partial charge in [-0.15, -0.1) is 30.6 Å². The van der Waals surface area contributed by atoms with Gasteiger partial charge in [0.25, 0.3) is 40.2 Å². The zero-order valence-corrected chi connectivity index (χ0v) is 53.8. The maximum absolute atomic E-state index is 12.1. The Morgan fingerprint density at radius 3 is 1.43 bits per heavy atom. The van der Waals surface area contributed by atoms with Crippen molar-refractivity contribution < 1.29 is 24.5 Å². The molecule has 0 amide bonds. The van der Waals surface area contributed by atoms with Crippen molar-refractivity contribution >= 4 is 11.6 Å². The normalized spacial score (nSPS) is 11.1. The second-order valence-corrected chi connectivity index (χ2v) is 21.9.